The molecular formula is C8H12Cl2Ir2-2. The molecule has 2 radical (unpaired) electrons. The summed E-state index contributed by atoms with van der Waals surface area (Å²) in [6, 6.07) is 0. The number of allylic oxidation sites excluding steroid dienone is 4. The number of hydrogen-bond donors (Lipinski definition) is 0. The zero-order valence-electron chi connectivity index (χ0n) is 6.56. The Morgan fingerprint density at radius 3 is 0.833 bits per heavy atom. The van der Waals surface area contributed by atoms with E-state index in [-0.39, 0.29) is 65.0 Å². The van der Waals surface area contributed by atoms with Crippen LogP contribution in [0.1, 0.15) is 25.7 Å². The van der Waals surface area contributed by atoms with Crippen molar-refractivity contribution in [1.82, 2.24) is 0 Å². The van der Waals surface area contributed by atoms with Crippen LogP contribution < -0.4 is 24.8 Å². The third-order valence-electron chi connectivity index (χ3n) is 1.33. The third kappa shape index (κ3) is 13.9. The molecular weight excluding hydrogens is 551 g/mol. The van der Waals surface area contributed by atoms with Crippen LogP contribution in [0.2, 0.25) is 0 Å². The van der Waals surface area contributed by atoms with Gasteiger partial charge in [0.1, 0.15) is 0 Å². The van der Waals surface area contributed by atoms with Crippen molar-refractivity contribution in [2.75, 3.05) is 0 Å². The fraction of sp³-hybridized carbons (Fsp3) is 0.500. The van der Waals surface area contributed by atoms with E-state index in [1.807, 2.05) is 0 Å². The van der Waals surface area contributed by atoms with Crippen LogP contribution in [0.4, 0.5) is 0 Å². The normalized spacial score (nSPS) is 16.0. The molecule has 1 rings (SSSR count). The molecule has 0 amide bonds. The molecule has 0 aliphatic heterocycles. The Morgan fingerprint density at radius 1 is 0.500 bits per heavy atom. The third-order valence-corrected chi connectivity index (χ3v) is 1.33. The van der Waals surface area contributed by atoms with Crippen molar-refractivity contribution in [1.29, 1.82) is 0 Å². The Kier molecular flexibility index (Phi) is 35.3. The van der Waals surface area contributed by atoms with Crippen LogP contribution in [0.15, 0.2) is 24.3 Å². The predicted octanol–water partition coefficient (Wildman–Crippen LogP) is -3.32. The van der Waals surface area contributed by atoms with Gasteiger partial charge in [-0.1, -0.05) is 24.3 Å². The number of rotatable bonds is 0. The fourth-order valence-electron chi connectivity index (χ4n) is 0.856. The van der Waals surface area contributed by atoms with Gasteiger partial charge in [0.05, 0.1) is 0 Å². The van der Waals surface area contributed by atoms with Crippen LogP contribution in [-0.2, 0) is 40.2 Å². The first-order valence-electron chi connectivity index (χ1n) is 3.30. The molecule has 0 aromatic rings. The summed E-state index contributed by atoms with van der Waals surface area (Å²) >= 11 is 0. The first-order valence-corrected chi connectivity index (χ1v) is 3.30. The van der Waals surface area contributed by atoms with Gasteiger partial charge in [-0.25, -0.2) is 0 Å². The van der Waals surface area contributed by atoms with Crippen LogP contribution in [-0.4, -0.2) is 0 Å². The van der Waals surface area contributed by atoms with E-state index in [9.17, 15) is 0 Å². The van der Waals surface area contributed by atoms with Gasteiger partial charge in [-0.2, -0.15) is 0 Å². The quantitative estimate of drug-likeness (QED) is 0.271. The summed E-state index contributed by atoms with van der Waals surface area (Å²) in [7, 11) is 0. The SMILES string of the molecule is C1=CCC/C=C\CC1.[Cl-].[Cl-].[Ir].[Ir]. The summed E-state index contributed by atoms with van der Waals surface area (Å²) < 4.78 is 0. The van der Waals surface area contributed by atoms with E-state index in [0.717, 1.165) is 0 Å². The van der Waals surface area contributed by atoms with Gasteiger partial charge in [0.2, 0.25) is 0 Å². The van der Waals surface area contributed by atoms with E-state index in [2.05, 4.69) is 24.3 Å². The molecule has 0 atom stereocenters. The summed E-state index contributed by atoms with van der Waals surface area (Å²) in [6.07, 6.45) is 14.0. The van der Waals surface area contributed by atoms with E-state index >= 15 is 0 Å². The molecule has 0 fully saturated rings. The van der Waals surface area contributed by atoms with Crippen molar-refractivity contribution >= 4 is 0 Å². The largest absolute Gasteiger partial charge is 1.00 e. The molecule has 0 aromatic carbocycles. The molecule has 1 aliphatic rings. The molecule has 1 aliphatic carbocycles. The molecule has 0 spiro atoms. The molecule has 0 nitrogen and oxygen atoms in total. The molecule has 0 saturated carbocycles. The summed E-state index contributed by atoms with van der Waals surface area (Å²) in [6.45, 7) is 0. The second-order valence-electron chi connectivity index (χ2n) is 2.10. The summed E-state index contributed by atoms with van der Waals surface area (Å²) in [5.74, 6) is 0. The van der Waals surface area contributed by atoms with Crippen LogP contribution in [0.25, 0.3) is 0 Å². The van der Waals surface area contributed by atoms with E-state index in [0.29, 0.717) is 0 Å². The van der Waals surface area contributed by atoms with Crippen molar-refractivity contribution < 1.29 is 65.0 Å². The van der Waals surface area contributed by atoms with Crippen LogP contribution >= 0.6 is 0 Å². The second-order valence-corrected chi connectivity index (χ2v) is 2.10. The Morgan fingerprint density at radius 2 is 0.667 bits per heavy atom. The van der Waals surface area contributed by atoms with E-state index < -0.39 is 0 Å². The van der Waals surface area contributed by atoms with Gasteiger partial charge in [0.25, 0.3) is 0 Å². The molecule has 4 heteroatoms. The monoisotopic (exact) mass is 564 g/mol. The summed E-state index contributed by atoms with van der Waals surface area (Å²) in [5, 5.41) is 0. The van der Waals surface area contributed by atoms with Crippen molar-refractivity contribution in [2.24, 2.45) is 0 Å². The van der Waals surface area contributed by atoms with Gasteiger partial charge in [0.15, 0.2) is 0 Å². The van der Waals surface area contributed by atoms with Gasteiger partial charge in [-0.3, -0.25) is 0 Å². The van der Waals surface area contributed by atoms with E-state index in [4.69, 9.17) is 0 Å². The van der Waals surface area contributed by atoms with Gasteiger partial charge in [-0.05, 0) is 25.7 Å². The minimum atomic E-state index is 0. The second kappa shape index (κ2) is 18.2. The van der Waals surface area contributed by atoms with Gasteiger partial charge >= 0.3 is 0 Å². The first kappa shape index (κ1) is 23.3. The molecule has 0 saturated heterocycles. The summed E-state index contributed by atoms with van der Waals surface area (Å²) in [4.78, 5) is 0. The zero-order valence-corrected chi connectivity index (χ0v) is 12.9. The zero-order chi connectivity index (χ0) is 5.66. The van der Waals surface area contributed by atoms with Crippen LogP contribution in [0.3, 0.4) is 0 Å². The molecule has 0 heterocycles. The van der Waals surface area contributed by atoms with Gasteiger partial charge in [0, 0.05) is 40.2 Å². The molecule has 0 N–H and O–H groups in total. The average molecular weight is 564 g/mol. The maximum absolute atomic E-state index is 2.27. The van der Waals surface area contributed by atoms with Crippen LogP contribution in [0.5, 0.6) is 0 Å². The Hall–Kier alpha value is 1.36. The van der Waals surface area contributed by atoms with E-state index in [1.54, 1.807) is 0 Å². The van der Waals surface area contributed by atoms with Crippen molar-refractivity contribution in [3.63, 3.8) is 0 Å². The topological polar surface area (TPSA) is 0 Å². The maximum atomic E-state index is 2.27. The van der Waals surface area contributed by atoms with Crippen LogP contribution in [0, 0.1) is 0 Å². The van der Waals surface area contributed by atoms with Crippen molar-refractivity contribution in [3.8, 4) is 0 Å². The maximum Gasteiger partial charge on any atom is 0 e. The summed E-state index contributed by atoms with van der Waals surface area (Å²) in [5.41, 5.74) is 0. The molecule has 0 unspecified atom stereocenters. The average Bonchev–Trinajstić information content (AvgIpc) is 1.62. The van der Waals surface area contributed by atoms with Gasteiger partial charge < -0.3 is 24.8 Å². The Balaban J connectivity index is -0.0000000800. The number of halogens is 2. The minimum Gasteiger partial charge on any atom is -1.00 e. The fourth-order valence-corrected chi connectivity index (χ4v) is 0.856. The molecule has 0 aromatic heterocycles. The number of hydrogen-bond acceptors (Lipinski definition) is 0. The Labute approximate surface area is 114 Å². The minimum absolute atomic E-state index is 0. The predicted molar refractivity (Wildman–Crippen MR) is 36.7 cm³/mol. The van der Waals surface area contributed by atoms with Crippen molar-refractivity contribution in [3.05, 3.63) is 24.3 Å². The first-order chi connectivity index (χ1) is 4.00. The Bertz CT molecular complexity index is 87.6. The standard InChI is InChI=1S/C8H12.2ClH.2Ir/c1-2-4-6-8-7-5-3-1;;;;/h1-2,7-8H,3-6H2;2*1H;;/p-2/b2-1-,8-7?;;;;. The smallest absolute Gasteiger partial charge is 0 e. The molecule has 12 heavy (non-hydrogen) atoms. The van der Waals surface area contributed by atoms with Crippen molar-refractivity contribution in [2.45, 2.75) is 25.7 Å². The molecule has 78 valence electrons. The molecule has 0 bridgehead atoms. The van der Waals surface area contributed by atoms with E-state index in [1.165, 1.54) is 25.7 Å². The van der Waals surface area contributed by atoms with Gasteiger partial charge in [-0.15, -0.1) is 0 Å².